The normalized spacial score (nSPS) is 11.2. The van der Waals surface area contributed by atoms with Gasteiger partial charge in [0.05, 0.1) is 11.0 Å². The fourth-order valence-electron chi connectivity index (χ4n) is 4.75. The standard InChI is InChI=1S/C32H22ClN2O2/c33-24-15-12-22(13-16-24)23-14-17-27-30(19-23)35(29-11-5-10-28(31(27)29)32(34)36)20-21-6-4-9-26(18-21)37-25-7-2-1-3-8-25/h1-16,18-19H,20H2,(H2,34,36). The highest BCUT2D eigenvalue weighted by atomic mass is 35.5. The summed E-state index contributed by atoms with van der Waals surface area (Å²) in [5, 5.41) is 2.36. The topological polar surface area (TPSA) is 57.2 Å². The van der Waals surface area contributed by atoms with Crippen molar-refractivity contribution in [3.63, 3.8) is 0 Å². The van der Waals surface area contributed by atoms with Gasteiger partial charge in [-0.25, -0.2) is 0 Å². The van der Waals surface area contributed by atoms with E-state index < -0.39 is 5.91 Å². The zero-order valence-electron chi connectivity index (χ0n) is 19.8. The highest BCUT2D eigenvalue weighted by Gasteiger charge is 2.18. The van der Waals surface area contributed by atoms with Crippen LogP contribution in [0.5, 0.6) is 11.5 Å². The summed E-state index contributed by atoms with van der Waals surface area (Å²) in [6, 6.07) is 38.6. The summed E-state index contributed by atoms with van der Waals surface area (Å²) >= 11 is 6.11. The molecule has 0 fully saturated rings. The number of primary amides is 1. The van der Waals surface area contributed by atoms with Crippen LogP contribution in [0.2, 0.25) is 5.02 Å². The van der Waals surface area contributed by atoms with Gasteiger partial charge in [0.25, 0.3) is 0 Å². The van der Waals surface area contributed by atoms with Crippen LogP contribution in [0, 0.1) is 6.07 Å². The molecular formula is C32H22ClN2O2. The molecule has 0 spiro atoms. The molecule has 4 nitrogen and oxygen atoms in total. The number of rotatable bonds is 6. The Morgan fingerprint density at radius 3 is 2.35 bits per heavy atom. The van der Waals surface area contributed by atoms with Crippen LogP contribution in [-0.2, 0) is 6.54 Å². The molecule has 37 heavy (non-hydrogen) atoms. The Hall–Kier alpha value is -4.54. The zero-order valence-corrected chi connectivity index (χ0v) is 20.6. The molecule has 5 aromatic carbocycles. The second-order valence-corrected chi connectivity index (χ2v) is 9.30. The van der Waals surface area contributed by atoms with Crippen molar-refractivity contribution in [1.82, 2.24) is 4.57 Å². The molecule has 5 heteroatoms. The first-order valence-corrected chi connectivity index (χ1v) is 12.3. The molecule has 1 radical (unpaired) electrons. The van der Waals surface area contributed by atoms with E-state index in [1.54, 1.807) is 6.07 Å². The quantitative estimate of drug-likeness (QED) is 0.252. The lowest BCUT2D eigenvalue weighted by atomic mass is 10.0. The number of nitrogens with zero attached hydrogens (tertiary/aromatic N) is 1. The maximum atomic E-state index is 12.3. The first kappa shape index (κ1) is 22.9. The van der Waals surface area contributed by atoms with E-state index in [1.807, 2.05) is 91.0 Å². The summed E-state index contributed by atoms with van der Waals surface area (Å²) in [6.45, 7) is 0.576. The average molecular weight is 502 g/mol. The monoisotopic (exact) mass is 501 g/mol. The van der Waals surface area contributed by atoms with Gasteiger partial charge in [0.15, 0.2) is 0 Å². The van der Waals surface area contributed by atoms with Crippen LogP contribution >= 0.6 is 11.6 Å². The lowest BCUT2D eigenvalue weighted by molar-refractivity contribution is 0.100. The molecule has 1 amide bonds. The Labute approximate surface area is 219 Å². The maximum absolute atomic E-state index is 12.3. The van der Waals surface area contributed by atoms with Crippen molar-refractivity contribution in [3.8, 4) is 22.6 Å². The number of carbonyl (C=O) groups excluding carboxylic acids is 1. The van der Waals surface area contributed by atoms with E-state index in [2.05, 4.69) is 22.8 Å². The Balaban J connectivity index is 1.50. The molecule has 0 aliphatic heterocycles. The Morgan fingerprint density at radius 2 is 1.57 bits per heavy atom. The lowest BCUT2D eigenvalue weighted by Crippen LogP contribution is -2.11. The first-order chi connectivity index (χ1) is 18.1. The summed E-state index contributed by atoms with van der Waals surface area (Å²) in [5.74, 6) is 1.08. The number of nitrogens with two attached hydrogens (primary N) is 1. The molecule has 0 aliphatic rings. The van der Waals surface area contributed by atoms with Crippen LogP contribution in [0.25, 0.3) is 32.9 Å². The van der Waals surface area contributed by atoms with Crippen LogP contribution in [-0.4, -0.2) is 10.5 Å². The summed E-state index contributed by atoms with van der Waals surface area (Å²) in [6.07, 6.45) is 0. The number of carbonyl (C=O) groups is 1. The SMILES string of the molecule is NC(=O)c1cccc2c1c1[c]cc(-c3ccc(Cl)cc3)cc1n2Cc1cccc(Oc2ccccc2)c1. The number of ether oxygens (including phenoxy) is 1. The van der Waals surface area contributed by atoms with E-state index >= 15 is 0 Å². The van der Waals surface area contributed by atoms with E-state index in [-0.39, 0.29) is 0 Å². The van der Waals surface area contributed by atoms with E-state index in [0.29, 0.717) is 17.1 Å². The van der Waals surface area contributed by atoms with E-state index in [4.69, 9.17) is 22.1 Å². The Kier molecular flexibility index (Phi) is 5.87. The highest BCUT2D eigenvalue weighted by molar-refractivity contribution is 6.30. The number of para-hydroxylation sites is 1. The second-order valence-electron chi connectivity index (χ2n) is 8.87. The predicted molar refractivity (Wildman–Crippen MR) is 149 cm³/mol. The third-order valence-electron chi connectivity index (χ3n) is 6.46. The molecule has 1 aromatic heterocycles. The largest absolute Gasteiger partial charge is 0.457 e. The van der Waals surface area contributed by atoms with Crippen molar-refractivity contribution in [2.75, 3.05) is 0 Å². The fourth-order valence-corrected chi connectivity index (χ4v) is 4.88. The van der Waals surface area contributed by atoms with Gasteiger partial charge >= 0.3 is 0 Å². The molecule has 1 heterocycles. The lowest BCUT2D eigenvalue weighted by Gasteiger charge is -2.11. The van der Waals surface area contributed by atoms with Gasteiger partial charge in [0.2, 0.25) is 5.91 Å². The van der Waals surface area contributed by atoms with Crippen LogP contribution < -0.4 is 10.5 Å². The van der Waals surface area contributed by atoms with Crippen molar-refractivity contribution in [3.05, 3.63) is 131 Å². The zero-order chi connectivity index (χ0) is 25.4. The van der Waals surface area contributed by atoms with Gasteiger partial charge in [0, 0.05) is 27.9 Å². The van der Waals surface area contributed by atoms with Crippen molar-refractivity contribution in [1.29, 1.82) is 0 Å². The number of halogens is 1. The average Bonchev–Trinajstić information content (AvgIpc) is 3.22. The van der Waals surface area contributed by atoms with Crippen LogP contribution in [0.1, 0.15) is 15.9 Å². The molecule has 0 bridgehead atoms. The third-order valence-corrected chi connectivity index (χ3v) is 6.71. The minimum Gasteiger partial charge on any atom is -0.457 e. The van der Waals surface area contributed by atoms with Crippen molar-refractivity contribution in [2.24, 2.45) is 5.73 Å². The number of hydrogen-bond donors (Lipinski definition) is 1. The fraction of sp³-hybridized carbons (Fsp3) is 0.0312. The van der Waals surface area contributed by atoms with Gasteiger partial charge in [-0.15, -0.1) is 0 Å². The molecule has 0 aliphatic carbocycles. The maximum Gasteiger partial charge on any atom is 0.249 e. The van der Waals surface area contributed by atoms with Crippen LogP contribution in [0.3, 0.4) is 0 Å². The minimum absolute atomic E-state index is 0.460. The smallest absolute Gasteiger partial charge is 0.249 e. The molecular weight excluding hydrogens is 480 g/mol. The number of amides is 1. The summed E-state index contributed by atoms with van der Waals surface area (Å²) in [4.78, 5) is 12.3. The summed E-state index contributed by atoms with van der Waals surface area (Å²) in [7, 11) is 0. The van der Waals surface area contributed by atoms with E-state index in [9.17, 15) is 4.79 Å². The van der Waals surface area contributed by atoms with Gasteiger partial charge in [-0.05, 0) is 83.4 Å². The third kappa shape index (κ3) is 4.44. The molecule has 0 atom stereocenters. The minimum atomic E-state index is -0.460. The Bertz CT molecular complexity index is 1760. The van der Waals surface area contributed by atoms with Crippen LogP contribution in [0.15, 0.2) is 109 Å². The van der Waals surface area contributed by atoms with Crippen molar-refractivity contribution in [2.45, 2.75) is 6.54 Å². The van der Waals surface area contributed by atoms with Crippen molar-refractivity contribution >= 4 is 39.3 Å². The van der Waals surface area contributed by atoms with Gasteiger partial charge in [-0.2, -0.15) is 0 Å². The van der Waals surface area contributed by atoms with Crippen molar-refractivity contribution < 1.29 is 9.53 Å². The number of hydrogen-bond acceptors (Lipinski definition) is 2. The van der Waals surface area contributed by atoms with E-state index in [0.717, 1.165) is 50.0 Å². The summed E-state index contributed by atoms with van der Waals surface area (Å²) < 4.78 is 8.27. The number of benzene rings is 5. The highest BCUT2D eigenvalue weighted by Crippen LogP contribution is 2.35. The molecule has 2 N–H and O–H groups in total. The van der Waals surface area contributed by atoms with Gasteiger partial charge in [0.1, 0.15) is 11.5 Å². The first-order valence-electron chi connectivity index (χ1n) is 11.9. The predicted octanol–water partition coefficient (Wildman–Crippen LogP) is 7.85. The van der Waals surface area contributed by atoms with E-state index in [1.165, 1.54) is 0 Å². The second kappa shape index (κ2) is 9.49. The van der Waals surface area contributed by atoms with Crippen LogP contribution in [0.4, 0.5) is 0 Å². The number of fused-ring (bicyclic) bond motifs is 3. The molecule has 6 aromatic rings. The van der Waals surface area contributed by atoms with Gasteiger partial charge in [-0.3, -0.25) is 4.79 Å². The molecule has 6 rings (SSSR count). The molecule has 0 saturated carbocycles. The van der Waals surface area contributed by atoms with Gasteiger partial charge in [-0.1, -0.05) is 60.1 Å². The summed E-state index contributed by atoms with van der Waals surface area (Å²) in [5.41, 5.74) is 11.2. The molecule has 0 saturated heterocycles. The molecule has 0 unspecified atom stereocenters. The Morgan fingerprint density at radius 1 is 0.811 bits per heavy atom. The van der Waals surface area contributed by atoms with Gasteiger partial charge < -0.3 is 15.0 Å². The molecule has 179 valence electrons. The number of aromatic nitrogens is 1.